The van der Waals surface area contributed by atoms with Crippen molar-refractivity contribution < 1.29 is 4.79 Å². The van der Waals surface area contributed by atoms with Gasteiger partial charge in [0, 0.05) is 52.3 Å². The van der Waals surface area contributed by atoms with Gasteiger partial charge in [0.05, 0.1) is 0 Å². The Morgan fingerprint density at radius 1 is 0.929 bits per heavy atom. The first-order chi connectivity index (χ1) is 13.7. The zero-order chi connectivity index (χ0) is 19.1. The molecule has 0 aliphatic carbocycles. The van der Waals surface area contributed by atoms with Crippen LogP contribution in [0.3, 0.4) is 0 Å². The SMILES string of the molecule is O=C(c1ccccc1)N1CCc2[nH]c3ccc(-c4ccc(Cl)cc4)cc3c2C1. The molecule has 1 aliphatic rings. The lowest BCUT2D eigenvalue weighted by atomic mass is 9.99. The summed E-state index contributed by atoms with van der Waals surface area (Å²) in [5.74, 6) is 0.0921. The number of carbonyl (C=O) groups excluding carboxylic acids is 1. The molecule has 5 rings (SSSR count). The summed E-state index contributed by atoms with van der Waals surface area (Å²) in [4.78, 5) is 18.4. The zero-order valence-electron chi connectivity index (χ0n) is 15.3. The van der Waals surface area contributed by atoms with Crippen molar-refractivity contribution in [3.8, 4) is 11.1 Å². The Morgan fingerprint density at radius 2 is 1.68 bits per heavy atom. The highest BCUT2D eigenvalue weighted by Gasteiger charge is 2.24. The van der Waals surface area contributed by atoms with Crippen molar-refractivity contribution in [3.05, 3.63) is 94.6 Å². The number of nitrogens with zero attached hydrogens (tertiary/aromatic N) is 1. The molecule has 1 N–H and O–H groups in total. The molecule has 2 heterocycles. The highest BCUT2D eigenvalue weighted by molar-refractivity contribution is 6.30. The Hall–Kier alpha value is -3.04. The largest absolute Gasteiger partial charge is 0.358 e. The van der Waals surface area contributed by atoms with Crippen LogP contribution in [-0.2, 0) is 13.0 Å². The molecular formula is C24H19ClN2O. The molecule has 1 aliphatic heterocycles. The lowest BCUT2D eigenvalue weighted by Gasteiger charge is -2.27. The molecule has 0 unspecified atom stereocenters. The monoisotopic (exact) mass is 386 g/mol. The number of aromatic nitrogens is 1. The van der Waals surface area contributed by atoms with E-state index < -0.39 is 0 Å². The van der Waals surface area contributed by atoms with Crippen LogP contribution in [0.25, 0.3) is 22.0 Å². The van der Waals surface area contributed by atoms with Crippen LogP contribution in [0.15, 0.2) is 72.8 Å². The number of carbonyl (C=O) groups is 1. The van der Waals surface area contributed by atoms with Crippen LogP contribution in [0.4, 0.5) is 0 Å². The molecule has 0 fully saturated rings. The fraction of sp³-hybridized carbons (Fsp3) is 0.125. The van der Waals surface area contributed by atoms with Gasteiger partial charge >= 0.3 is 0 Å². The molecule has 1 aromatic heterocycles. The summed E-state index contributed by atoms with van der Waals surface area (Å²) in [6.07, 6.45) is 0.846. The van der Waals surface area contributed by atoms with Gasteiger partial charge in [0.25, 0.3) is 5.91 Å². The molecule has 1 amide bonds. The predicted octanol–water partition coefficient (Wildman–Crippen LogP) is 5.69. The first kappa shape index (κ1) is 17.1. The first-order valence-electron chi connectivity index (χ1n) is 9.43. The fourth-order valence-corrected chi connectivity index (χ4v) is 4.10. The summed E-state index contributed by atoms with van der Waals surface area (Å²) in [7, 11) is 0. The first-order valence-corrected chi connectivity index (χ1v) is 9.80. The van der Waals surface area contributed by atoms with E-state index in [4.69, 9.17) is 11.6 Å². The van der Waals surface area contributed by atoms with Crippen LogP contribution in [0.2, 0.25) is 5.02 Å². The van der Waals surface area contributed by atoms with Gasteiger partial charge in [-0.3, -0.25) is 4.79 Å². The van der Waals surface area contributed by atoms with E-state index in [0.717, 1.165) is 40.2 Å². The maximum Gasteiger partial charge on any atom is 0.254 e. The summed E-state index contributed by atoms with van der Waals surface area (Å²) < 4.78 is 0. The molecule has 4 aromatic rings. The topological polar surface area (TPSA) is 36.1 Å². The summed E-state index contributed by atoms with van der Waals surface area (Å²) >= 11 is 6.03. The number of amides is 1. The average Bonchev–Trinajstić information content (AvgIpc) is 3.11. The number of hydrogen-bond donors (Lipinski definition) is 1. The van der Waals surface area contributed by atoms with Crippen molar-refractivity contribution in [2.45, 2.75) is 13.0 Å². The second kappa shape index (κ2) is 6.84. The van der Waals surface area contributed by atoms with Crippen molar-refractivity contribution >= 4 is 28.4 Å². The van der Waals surface area contributed by atoms with Crippen LogP contribution in [0, 0.1) is 0 Å². The minimum atomic E-state index is 0.0921. The predicted molar refractivity (Wildman–Crippen MR) is 114 cm³/mol. The number of H-pyrrole nitrogens is 1. The van der Waals surface area contributed by atoms with E-state index in [1.54, 1.807) is 0 Å². The van der Waals surface area contributed by atoms with Crippen LogP contribution < -0.4 is 0 Å². The molecule has 0 atom stereocenters. The second-order valence-electron chi connectivity index (χ2n) is 7.19. The van der Waals surface area contributed by atoms with E-state index in [9.17, 15) is 4.79 Å². The van der Waals surface area contributed by atoms with E-state index in [-0.39, 0.29) is 5.91 Å². The molecule has 0 spiro atoms. The third kappa shape index (κ3) is 2.98. The van der Waals surface area contributed by atoms with Gasteiger partial charge < -0.3 is 9.88 Å². The number of aromatic amines is 1. The summed E-state index contributed by atoms with van der Waals surface area (Å²) in [5, 5.41) is 1.92. The van der Waals surface area contributed by atoms with Crippen molar-refractivity contribution in [3.63, 3.8) is 0 Å². The normalized spacial score (nSPS) is 13.5. The van der Waals surface area contributed by atoms with Gasteiger partial charge in [0.2, 0.25) is 0 Å². The quantitative estimate of drug-likeness (QED) is 0.472. The molecule has 3 nitrogen and oxygen atoms in total. The maximum absolute atomic E-state index is 12.9. The number of fused-ring (bicyclic) bond motifs is 3. The van der Waals surface area contributed by atoms with Crippen molar-refractivity contribution in [2.24, 2.45) is 0 Å². The average molecular weight is 387 g/mol. The van der Waals surface area contributed by atoms with E-state index in [1.165, 1.54) is 16.6 Å². The summed E-state index contributed by atoms with van der Waals surface area (Å²) in [6, 6.07) is 23.9. The fourth-order valence-electron chi connectivity index (χ4n) is 3.97. The Labute approximate surface area is 168 Å². The number of halogens is 1. The molecule has 3 aromatic carbocycles. The second-order valence-corrected chi connectivity index (χ2v) is 7.63. The lowest BCUT2D eigenvalue weighted by molar-refractivity contribution is 0.0735. The minimum Gasteiger partial charge on any atom is -0.358 e. The van der Waals surface area contributed by atoms with Crippen LogP contribution in [0.5, 0.6) is 0 Å². The van der Waals surface area contributed by atoms with Gasteiger partial charge in [0.1, 0.15) is 0 Å². The lowest BCUT2D eigenvalue weighted by Crippen LogP contribution is -2.35. The van der Waals surface area contributed by atoms with Crippen molar-refractivity contribution in [1.82, 2.24) is 9.88 Å². The van der Waals surface area contributed by atoms with Gasteiger partial charge in [-0.2, -0.15) is 0 Å². The number of benzene rings is 3. The van der Waals surface area contributed by atoms with E-state index in [2.05, 4.69) is 23.2 Å². The molecule has 4 heteroatoms. The van der Waals surface area contributed by atoms with Gasteiger partial charge in [-0.15, -0.1) is 0 Å². The van der Waals surface area contributed by atoms with Gasteiger partial charge in [-0.25, -0.2) is 0 Å². The van der Waals surface area contributed by atoms with Crippen molar-refractivity contribution in [2.75, 3.05) is 6.54 Å². The Morgan fingerprint density at radius 3 is 2.46 bits per heavy atom. The Kier molecular flexibility index (Phi) is 4.18. The van der Waals surface area contributed by atoms with Crippen LogP contribution in [-0.4, -0.2) is 22.3 Å². The summed E-state index contributed by atoms with van der Waals surface area (Å²) in [5.41, 5.74) is 6.61. The van der Waals surface area contributed by atoms with Crippen LogP contribution in [0.1, 0.15) is 21.6 Å². The Balaban J connectivity index is 1.51. The van der Waals surface area contributed by atoms with Crippen molar-refractivity contribution in [1.29, 1.82) is 0 Å². The minimum absolute atomic E-state index is 0.0921. The number of nitrogens with one attached hydrogen (secondary N) is 1. The molecule has 0 radical (unpaired) electrons. The highest BCUT2D eigenvalue weighted by Crippen LogP contribution is 2.32. The van der Waals surface area contributed by atoms with E-state index >= 15 is 0 Å². The van der Waals surface area contributed by atoms with E-state index in [0.29, 0.717) is 6.54 Å². The molecule has 138 valence electrons. The smallest absolute Gasteiger partial charge is 0.254 e. The maximum atomic E-state index is 12.9. The third-order valence-electron chi connectivity index (χ3n) is 5.46. The van der Waals surface area contributed by atoms with Crippen LogP contribution >= 0.6 is 11.6 Å². The highest BCUT2D eigenvalue weighted by atomic mass is 35.5. The standard InChI is InChI=1S/C24H19ClN2O/c25-19-9-6-16(7-10-19)18-8-11-22-20(14-18)21-15-27(13-12-23(21)26-22)24(28)17-4-2-1-3-5-17/h1-11,14,26H,12-13,15H2. The van der Waals surface area contributed by atoms with Gasteiger partial charge in [-0.1, -0.05) is 48.0 Å². The Bertz CT molecular complexity index is 1160. The molecule has 0 saturated carbocycles. The molecule has 0 bridgehead atoms. The van der Waals surface area contributed by atoms with E-state index in [1.807, 2.05) is 59.5 Å². The number of hydrogen-bond acceptors (Lipinski definition) is 1. The zero-order valence-corrected chi connectivity index (χ0v) is 16.0. The molecule has 0 saturated heterocycles. The summed E-state index contributed by atoms with van der Waals surface area (Å²) in [6.45, 7) is 1.37. The molecular weight excluding hydrogens is 368 g/mol. The third-order valence-corrected chi connectivity index (χ3v) is 5.71. The van der Waals surface area contributed by atoms with Gasteiger partial charge in [0.15, 0.2) is 0 Å². The number of rotatable bonds is 2. The molecule has 28 heavy (non-hydrogen) atoms. The van der Waals surface area contributed by atoms with Gasteiger partial charge in [-0.05, 0) is 47.5 Å².